The summed E-state index contributed by atoms with van der Waals surface area (Å²) in [5.74, 6) is -2.98. The summed E-state index contributed by atoms with van der Waals surface area (Å²) in [6, 6.07) is 9.66. The summed E-state index contributed by atoms with van der Waals surface area (Å²) >= 11 is 1.48. The van der Waals surface area contributed by atoms with Crippen molar-refractivity contribution in [2.24, 2.45) is 0 Å². The maximum Gasteiger partial charge on any atom is 0.490 e. The van der Waals surface area contributed by atoms with Gasteiger partial charge in [0.2, 0.25) is 0 Å². The summed E-state index contributed by atoms with van der Waals surface area (Å²) in [6.07, 6.45) is -0.836. The Kier molecular flexibility index (Phi) is 7.96. The highest BCUT2D eigenvalue weighted by Gasteiger charge is 2.38. The maximum atomic E-state index is 14.0. The number of halogens is 4. The van der Waals surface area contributed by atoms with Crippen LogP contribution < -0.4 is 10.2 Å². The molecule has 2 bridgehead atoms. The lowest BCUT2D eigenvalue weighted by Crippen LogP contribution is -2.43. The molecule has 2 N–H and O–H groups in total. The number of ether oxygens (including phenoxy) is 1. The molecule has 0 saturated carbocycles. The molecule has 0 spiro atoms. The van der Waals surface area contributed by atoms with Crippen LogP contribution in [0.25, 0.3) is 0 Å². The molecule has 2 aliphatic heterocycles. The van der Waals surface area contributed by atoms with E-state index >= 15 is 0 Å². The van der Waals surface area contributed by atoms with E-state index in [1.165, 1.54) is 30.2 Å². The number of fused-ring (bicyclic) bond motifs is 2. The van der Waals surface area contributed by atoms with Crippen LogP contribution in [0.2, 0.25) is 0 Å². The van der Waals surface area contributed by atoms with Crippen LogP contribution in [-0.4, -0.2) is 48.6 Å². The average Bonchev–Trinajstić information content (AvgIpc) is 3.34. The molecule has 2 saturated heterocycles. The molecule has 11 heteroatoms. The van der Waals surface area contributed by atoms with E-state index in [4.69, 9.17) is 14.6 Å². The second kappa shape index (κ2) is 10.5. The fraction of sp³-hybridized carbons (Fsp3) is 0.455. The Balaban J connectivity index is 0.000000383. The number of hydrogen-bond donors (Lipinski definition) is 2. The zero-order valence-electron chi connectivity index (χ0n) is 17.8. The van der Waals surface area contributed by atoms with Gasteiger partial charge in [0, 0.05) is 25.6 Å². The van der Waals surface area contributed by atoms with Crippen molar-refractivity contribution < 1.29 is 37.0 Å². The van der Waals surface area contributed by atoms with Crippen LogP contribution >= 0.6 is 11.3 Å². The largest absolute Gasteiger partial charge is 0.490 e. The molecule has 1 amide bonds. The maximum absolute atomic E-state index is 14.0. The Morgan fingerprint density at radius 2 is 1.76 bits per heavy atom. The number of amides is 1. The van der Waals surface area contributed by atoms with Crippen molar-refractivity contribution >= 4 is 28.4 Å². The van der Waals surface area contributed by atoms with Crippen LogP contribution in [0.5, 0.6) is 0 Å². The van der Waals surface area contributed by atoms with Crippen molar-refractivity contribution in [2.45, 2.75) is 56.5 Å². The summed E-state index contributed by atoms with van der Waals surface area (Å²) in [4.78, 5) is 23.1. The second-order valence-corrected chi connectivity index (χ2v) is 8.89. The Bertz CT molecular complexity index is 969. The third kappa shape index (κ3) is 6.67. The first kappa shape index (κ1) is 25.0. The summed E-state index contributed by atoms with van der Waals surface area (Å²) < 4.78 is 51.5. The molecular weight excluding hydrogens is 464 g/mol. The van der Waals surface area contributed by atoms with Gasteiger partial charge in [-0.1, -0.05) is 18.2 Å². The number of alkyl halides is 3. The van der Waals surface area contributed by atoms with Crippen molar-refractivity contribution in [1.82, 2.24) is 5.32 Å². The lowest BCUT2D eigenvalue weighted by Gasteiger charge is -2.30. The number of carbonyl (C=O) groups is 2. The number of piperidine rings is 1. The van der Waals surface area contributed by atoms with Gasteiger partial charge in [0.05, 0.1) is 0 Å². The SMILES string of the molecule is CN(C(=O)OC1CC2CCC(C1)N2)c1sccc1Cc1ccccc1F.O=C(O)C(F)(F)F. The number of benzene rings is 1. The fourth-order valence-electron chi connectivity index (χ4n) is 4.01. The second-order valence-electron chi connectivity index (χ2n) is 8.00. The fourth-order valence-corrected chi connectivity index (χ4v) is 4.89. The zero-order valence-corrected chi connectivity index (χ0v) is 18.6. The molecule has 33 heavy (non-hydrogen) atoms. The number of rotatable bonds is 4. The first-order chi connectivity index (χ1) is 15.5. The van der Waals surface area contributed by atoms with Gasteiger partial charge in [-0.05, 0) is 54.3 Å². The number of carbonyl (C=O) groups excluding carboxylic acids is 1. The van der Waals surface area contributed by atoms with Crippen molar-refractivity contribution in [2.75, 3.05) is 11.9 Å². The van der Waals surface area contributed by atoms with Crippen molar-refractivity contribution in [1.29, 1.82) is 0 Å². The number of aliphatic carboxylic acids is 1. The quantitative estimate of drug-likeness (QED) is 0.595. The van der Waals surface area contributed by atoms with E-state index in [-0.39, 0.29) is 18.0 Å². The molecule has 2 atom stereocenters. The lowest BCUT2D eigenvalue weighted by atomic mass is 10.0. The summed E-state index contributed by atoms with van der Waals surface area (Å²) in [5.41, 5.74) is 1.56. The zero-order chi connectivity index (χ0) is 24.2. The highest BCUT2D eigenvalue weighted by Crippen LogP contribution is 2.32. The van der Waals surface area contributed by atoms with Crippen molar-refractivity contribution in [3.8, 4) is 0 Å². The molecule has 6 nitrogen and oxygen atoms in total. The molecule has 3 heterocycles. The van der Waals surface area contributed by atoms with E-state index in [0.717, 1.165) is 23.4 Å². The van der Waals surface area contributed by atoms with Gasteiger partial charge < -0.3 is 15.2 Å². The molecule has 2 aromatic rings. The number of anilines is 1. The van der Waals surface area contributed by atoms with E-state index in [2.05, 4.69) is 5.32 Å². The number of nitrogens with zero attached hydrogens (tertiary/aromatic N) is 1. The van der Waals surface area contributed by atoms with Crippen LogP contribution in [0.1, 0.15) is 36.8 Å². The van der Waals surface area contributed by atoms with E-state index < -0.39 is 12.1 Å². The molecule has 4 rings (SSSR count). The summed E-state index contributed by atoms with van der Waals surface area (Å²) in [5, 5.41) is 13.4. The molecule has 1 aromatic heterocycles. The van der Waals surface area contributed by atoms with E-state index in [1.807, 2.05) is 17.5 Å². The van der Waals surface area contributed by atoms with Gasteiger partial charge >= 0.3 is 18.2 Å². The first-order valence-electron chi connectivity index (χ1n) is 10.3. The Morgan fingerprint density at radius 1 is 1.15 bits per heavy atom. The molecule has 0 radical (unpaired) electrons. The molecule has 0 aliphatic carbocycles. The molecule has 2 unspecified atom stereocenters. The van der Waals surface area contributed by atoms with Gasteiger partial charge in [0.25, 0.3) is 0 Å². The van der Waals surface area contributed by atoms with Crippen molar-refractivity contribution in [3.63, 3.8) is 0 Å². The van der Waals surface area contributed by atoms with Gasteiger partial charge in [-0.15, -0.1) is 11.3 Å². The van der Waals surface area contributed by atoms with E-state index in [9.17, 15) is 22.4 Å². The number of thiophene rings is 1. The predicted octanol–water partition coefficient (Wildman–Crippen LogP) is 4.97. The Morgan fingerprint density at radius 3 is 2.33 bits per heavy atom. The topological polar surface area (TPSA) is 78.9 Å². The first-order valence-corrected chi connectivity index (χ1v) is 11.2. The van der Waals surface area contributed by atoms with Gasteiger partial charge in [0.15, 0.2) is 0 Å². The minimum Gasteiger partial charge on any atom is -0.475 e. The normalized spacial score (nSPS) is 21.7. The molecule has 2 aliphatic rings. The van der Waals surface area contributed by atoms with E-state index in [1.54, 1.807) is 24.1 Å². The van der Waals surface area contributed by atoms with Crippen molar-refractivity contribution in [3.05, 3.63) is 52.7 Å². The molecular formula is C22H24F4N2O4S. The minimum absolute atomic E-state index is 0.0151. The number of carboxylic acids is 1. The van der Waals surface area contributed by atoms with Crippen LogP contribution in [0.4, 0.5) is 27.4 Å². The molecule has 2 fully saturated rings. The molecule has 180 valence electrons. The monoisotopic (exact) mass is 488 g/mol. The van der Waals surface area contributed by atoms with Gasteiger partial charge in [0.1, 0.15) is 16.9 Å². The highest BCUT2D eigenvalue weighted by molar-refractivity contribution is 7.14. The lowest BCUT2D eigenvalue weighted by molar-refractivity contribution is -0.192. The Hall–Kier alpha value is -2.66. The van der Waals surface area contributed by atoms with Crippen LogP contribution in [0.3, 0.4) is 0 Å². The van der Waals surface area contributed by atoms with E-state index in [0.29, 0.717) is 24.1 Å². The molecule has 1 aromatic carbocycles. The predicted molar refractivity (Wildman–Crippen MR) is 115 cm³/mol. The third-order valence-corrected chi connectivity index (χ3v) is 6.61. The van der Waals surface area contributed by atoms with Crippen LogP contribution in [0, 0.1) is 5.82 Å². The van der Waals surface area contributed by atoms with Crippen LogP contribution in [0.15, 0.2) is 35.7 Å². The number of carboxylic acid groups (broad SMARTS) is 1. The van der Waals surface area contributed by atoms with Crippen LogP contribution in [-0.2, 0) is 16.0 Å². The minimum atomic E-state index is -5.08. The number of hydrogen-bond acceptors (Lipinski definition) is 5. The summed E-state index contributed by atoms with van der Waals surface area (Å²) in [6.45, 7) is 0. The number of nitrogens with one attached hydrogen (secondary N) is 1. The van der Waals surface area contributed by atoms with Gasteiger partial charge in [-0.25, -0.2) is 14.0 Å². The average molecular weight is 489 g/mol. The standard InChI is InChI=1S/C20H23FN2O2S.C2HF3O2/c1-23(20(24)25-17-11-15-6-7-16(12-17)22-15)19-14(8-9-26-19)10-13-4-2-3-5-18(13)21;3-2(4,5)1(6)7/h2-5,8-9,15-17,22H,6-7,10-12H2,1H3;(H,6,7). The highest BCUT2D eigenvalue weighted by atomic mass is 32.1. The van der Waals surface area contributed by atoms with Gasteiger partial charge in [-0.3, -0.25) is 4.90 Å². The smallest absolute Gasteiger partial charge is 0.475 e. The summed E-state index contributed by atoms with van der Waals surface area (Å²) in [7, 11) is 1.73. The Labute approximate surface area is 192 Å². The van der Waals surface area contributed by atoms with Gasteiger partial charge in [-0.2, -0.15) is 13.2 Å². The third-order valence-electron chi connectivity index (χ3n) is 5.58.